The van der Waals surface area contributed by atoms with Gasteiger partial charge in [-0.25, -0.2) is 0 Å². The summed E-state index contributed by atoms with van der Waals surface area (Å²) in [5.74, 6) is -0.657. The second-order valence-electron chi connectivity index (χ2n) is 1.62. The molecule has 0 aromatic heterocycles. The first-order valence-corrected chi connectivity index (χ1v) is 2.93. The van der Waals surface area contributed by atoms with Crippen molar-refractivity contribution < 1.29 is 14.6 Å². The summed E-state index contributed by atoms with van der Waals surface area (Å²) in [5.41, 5.74) is 4.93. The molecule has 4 heteroatoms. The highest BCUT2D eigenvalue weighted by Gasteiger charge is 2.01. The quantitative estimate of drug-likeness (QED) is 0.409. The minimum Gasteiger partial charge on any atom is -0.501 e. The van der Waals surface area contributed by atoms with E-state index in [0.717, 1.165) is 0 Å². The van der Waals surface area contributed by atoms with E-state index in [9.17, 15) is 4.79 Å². The van der Waals surface area contributed by atoms with Gasteiger partial charge in [-0.1, -0.05) is 0 Å². The van der Waals surface area contributed by atoms with Gasteiger partial charge < -0.3 is 15.6 Å². The fourth-order valence-corrected chi connectivity index (χ4v) is 0.357. The van der Waals surface area contributed by atoms with Crippen LogP contribution in [0.25, 0.3) is 0 Å². The molecule has 0 fully saturated rings. The van der Waals surface area contributed by atoms with E-state index in [4.69, 9.17) is 15.6 Å². The fourth-order valence-electron chi connectivity index (χ4n) is 0.357. The van der Waals surface area contributed by atoms with Crippen molar-refractivity contribution in [3.63, 3.8) is 0 Å². The van der Waals surface area contributed by atoms with Gasteiger partial charge in [0.25, 0.3) is 0 Å². The van der Waals surface area contributed by atoms with E-state index in [1.165, 1.54) is 6.26 Å². The van der Waals surface area contributed by atoms with Gasteiger partial charge in [0.05, 0.1) is 25.0 Å². The lowest BCUT2D eigenvalue weighted by atomic mass is 10.3. The van der Waals surface area contributed by atoms with Crippen molar-refractivity contribution in [2.24, 2.45) is 5.73 Å². The Morgan fingerprint density at radius 1 is 1.80 bits per heavy atom. The molecule has 58 valence electrons. The van der Waals surface area contributed by atoms with Crippen LogP contribution in [-0.2, 0) is 9.53 Å². The molecule has 0 bridgehead atoms. The van der Waals surface area contributed by atoms with Gasteiger partial charge in [-0.2, -0.15) is 0 Å². The molecule has 0 saturated heterocycles. The predicted molar refractivity (Wildman–Crippen MR) is 36.0 cm³/mol. The van der Waals surface area contributed by atoms with E-state index in [1.54, 1.807) is 6.92 Å². The molecule has 1 amide bonds. The highest BCUT2D eigenvalue weighted by atomic mass is 16.5. The van der Waals surface area contributed by atoms with Gasteiger partial charge in [0, 0.05) is 0 Å². The maximum absolute atomic E-state index is 10.4. The molecule has 0 heterocycles. The first kappa shape index (κ1) is 8.97. The van der Waals surface area contributed by atoms with E-state index in [1.807, 2.05) is 0 Å². The normalized spacial score (nSPS) is 11.2. The molecule has 0 saturated carbocycles. The zero-order valence-electron chi connectivity index (χ0n) is 5.83. The number of hydrogen-bond donors (Lipinski definition) is 2. The summed E-state index contributed by atoms with van der Waals surface area (Å²) >= 11 is 0. The van der Waals surface area contributed by atoms with E-state index >= 15 is 0 Å². The third kappa shape index (κ3) is 3.09. The zero-order valence-corrected chi connectivity index (χ0v) is 5.83. The van der Waals surface area contributed by atoms with Crippen LogP contribution in [-0.4, -0.2) is 24.2 Å². The highest BCUT2D eigenvalue weighted by Crippen LogP contribution is 1.90. The van der Waals surface area contributed by atoms with Crippen LogP contribution in [0.1, 0.15) is 6.92 Å². The molecule has 0 aromatic rings. The summed E-state index contributed by atoms with van der Waals surface area (Å²) in [4.78, 5) is 10.4. The SMILES string of the molecule is CCOC=C(CO)C(N)=O. The summed E-state index contributed by atoms with van der Waals surface area (Å²) in [5, 5.41) is 8.47. The number of amides is 1. The standard InChI is InChI=1S/C6H11NO3/c1-2-10-4-5(3-8)6(7)9/h4,8H,2-3H2,1H3,(H2,7,9). The molecule has 0 rings (SSSR count). The number of ether oxygens (including phenoxy) is 1. The number of carbonyl (C=O) groups is 1. The van der Waals surface area contributed by atoms with Crippen LogP contribution in [0.15, 0.2) is 11.8 Å². The predicted octanol–water partition coefficient (Wildman–Crippen LogP) is -0.616. The highest BCUT2D eigenvalue weighted by molar-refractivity contribution is 5.91. The van der Waals surface area contributed by atoms with E-state index < -0.39 is 5.91 Å². The average molecular weight is 145 g/mol. The Morgan fingerprint density at radius 3 is 2.70 bits per heavy atom. The topological polar surface area (TPSA) is 72.6 Å². The minimum atomic E-state index is -0.657. The maximum Gasteiger partial charge on any atom is 0.250 e. The Bertz CT molecular complexity index is 142. The van der Waals surface area contributed by atoms with Crippen molar-refractivity contribution in [3.05, 3.63) is 11.8 Å². The number of aliphatic hydroxyl groups excluding tert-OH is 1. The fraction of sp³-hybridized carbons (Fsp3) is 0.500. The lowest BCUT2D eigenvalue weighted by molar-refractivity contribution is -0.115. The van der Waals surface area contributed by atoms with Gasteiger partial charge in [-0.15, -0.1) is 0 Å². The Hall–Kier alpha value is -1.03. The largest absolute Gasteiger partial charge is 0.501 e. The Balaban J connectivity index is 3.91. The lowest BCUT2D eigenvalue weighted by Crippen LogP contribution is -2.16. The maximum atomic E-state index is 10.4. The third-order valence-electron chi connectivity index (χ3n) is 0.879. The minimum absolute atomic E-state index is 0.0850. The lowest BCUT2D eigenvalue weighted by Gasteiger charge is -1.97. The molecule has 4 nitrogen and oxygen atoms in total. The number of rotatable bonds is 4. The first-order valence-electron chi connectivity index (χ1n) is 2.93. The molecule has 3 N–H and O–H groups in total. The van der Waals surface area contributed by atoms with Crippen molar-refractivity contribution in [3.8, 4) is 0 Å². The Kier molecular flexibility index (Phi) is 4.32. The molecule has 0 unspecified atom stereocenters. The summed E-state index contributed by atoms with van der Waals surface area (Å²) < 4.78 is 4.72. The van der Waals surface area contributed by atoms with E-state index in [2.05, 4.69) is 0 Å². The van der Waals surface area contributed by atoms with E-state index in [-0.39, 0.29) is 12.2 Å². The molecule has 0 aliphatic heterocycles. The Morgan fingerprint density at radius 2 is 2.40 bits per heavy atom. The average Bonchev–Trinajstić information content (AvgIpc) is 1.89. The molecule has 0 spiro atoms. The van der Waals surface area contributed by atoms with Crippen LogP contribution >= 0.6 is 0 Å². The van der Waals surface area contributed by atoms with Gasteiger partial charge >= 0.3 is 0 Å². The number of aliphatic hydroxyl groups is 1. The molecule has 0 radical (unpaired) electrons. The number of hydrogen-bond acceptors (Lipinski definition) is 3. The first-order chi connectivity index (χ1) is 4.72. The summed E-state index contributed by atoms with van der Waals surface area (Å²) in [7, 11) is 0. The molecule has 10 heavy (non-hydrogen) atoms. The van der Waals surface area contributed by atoms with Crippen LogP contribution < -0.4 is 5.73 Å². The monoisotopic (exact) mass is 145 g/mol. The van der Waals surface area contributed by atoms with Crippen LogP contribution in [0.5, 0.6) is 0 Å². The molecular weight excluding hydrogens is 134 g/mol. The van der Waals surface area contributed by atoms with Gasteiger partial charge in [0.2, 0.25) is 5.91 Å². The summed E-state index contributed by atoms with van der Waals surface area (Å²) in [6.45, 7) is 1.85. The van der Waals surface area contributed by atoms with Crippen molar-refractivity contribution in [1.82, 2.24) is 0 Å². The van der Waals surface area contributed by atoms with Gasteiger partial charge in [-0.3, -0.25) is 4.79 Å². The molecule has 0 aliphatic carbocycles. The molecular formula is C6H11NO3. The van der Waals surface area contributed by atoms with E-state index in [0.29, 0.717) is 6.61 Å². The number of carbonyl (C=O) groups excluding carboxylic acids is 1. The van der Waals surface area contributed by atoms with Crippen molar-refractivity contribution in [1.29, 1.82) is 0 Å². The second kappa shape index (κ2) is 4.81. The summed E-state index contributed by atoms with van der Waals surface area (Å²) in [6.07, 6.45) is 1.17. The van der Waals surface area contributed by atoms with Crippen LogP contribution in [0.4, 0.5) is 0 Å². The number of primary amides is 1. The van der Waals surface area contributed by atoms with Crippen molar-refractivity contribution >= 4 is 5.91 Å². The molecule has 0 aromatic carbocycles. The zero-order chi connectivity index (χ0) is 7.98. The molecule has 0 aliphatic rings. The Labute approximate surface area is 59.3 Å². The van der Waals surface area contributed by atoms with Gasteiger partial charge in [0.1, 0.15) is 0 Å². The third-order valence-corrected chi connectivity index (χ3v) is 0.879. The van der Waals surface area contributed by atoms with Crippen LogP contribution in [0.3, 0.4) is 0 Å². The summed E-state index contributed by atoms with van der Waals surface area (Å²) in [6, 6.07) is 0. The van der Waals surface area contributed by atoms with Gasteiger partial charge in [0.15, 0.2) is 0 Å². The molecule has 0 atom stereocenters. The van der Waals surface area contributed by atoms with Crippen LogP contribution in [0, 0.1) is 0 Å². The van der Waals surface area contributed by atoms with Crippen molar-refractivity contribution in [2.75, 3.05) is 13.2 Å². The number of nitrogens with two attached hydrogens (primary N) is 1. The van der Waals surface area contributed by atoms with Crippen LogP contribution in [0.2, 0.25) is 0 Å². The van der Waals surface area contributed by atoms with Crippen molar-refractivity contribution in [2.45, 2.75) is 6.92 Å². The second-order valence-corrected chi connectivity index (χ2v) is 1.62. The van der Waals surface area contributed by atoms with Gasteiger partial charge in [-0.05, 0) is 6.92 Å². The smallest absolute Gasteiger partial charge is 0.250 e.